The molecule has 0 aromatic carbocycles. The number of aromatic carboxylic acids is 1. The second-order valence-electron chi connectivity index (χ2n) is 2.93. The number of carboxylic acids is 1. The number of halogens is 1. The molecule has 0 saturated carbocycles. The topological polar surface area (TPSA) is 88.2 Å². The number of nitrogens with zero attached hydrogens (tertiary/aromatic N) is 1. The summed E-state index contributed by atoms with van der Waals surface area (Å²) >= 11 is 5.83. The molecule has 1 aromatic rings. The summed E-state index contributed by atoms with van der Waals surface area (Å²) in [5.41, 5.74) is 5.40. The van der Waals surface area contributed by atoms with Crippen molar-refractivity contribution in [2.24, 2.45) is 5.73 Å². The smallest absolute Gasteiger partial charge is 0.337 e. The third-order valence-electron chi connectivity index (χ3n) is 1.76. The van der Waals surface area contributed by atoms with Gasteiger partial charge in [0.1, 0.15) is 5.82 Å². The number of pyridine rings is 1. The van der Waals surface area contributed by atoms with Gasteiger partial charge in [0.25, 0.3) is 0 Å². The SMILES string of the molecule is NCCCNc1ncc(C(=O)O)cc1Cl. The molecule has 82 valence electrons. The van der Waals surface area contributed by atoms with Crippen molar-refractivity contribution in [3.8, 4) is 0 Å². The van der Waals surface area contributed by atoms with Crippen molar-refractivity contribution in [1.29, 1.82) is 0 Å². The van der Waals surface area contributed by atoms with Crippen LogP contribution in [0.2, 0.25) is 5.02 Å². The summed E-state index contributed by atoms with van der Waals surface area (Å²) in [6, 6.07) is 1.36. The molecule has 6 heteroatoms. The molecule has 15 heavy (non-hydrogen) atoms. The van der Waals surface area contributed by atoms with E-state index in [1.807, 2.05) is 0 Å². The summed E-state index contributed by atoms with van der Waals surface area (Å²) < 4.78 is 0. The summed E-state index contributed by atoms with van der Waals surface area (Å²) in [6.45, 7) is 1.24. The molecule has 1 heterocycles. The Kier molecular flexibility index (Phi) is 4.33. The van der Waals surface area contributed by atoms with Gasteiger partial charge in [-0.25, -0.2) is 9.78 Å². The van der Waals surface area contributed by atoms with E-state index in [2.05, 4.69) is 10.3 Å². The molecular weight excluding hydrogens is 218 g/mol. The Bertz CT molecular complexity index is 357. The minimum absolute atomic E-state index is 0.0735. The maximum atomic E-state index is 10.6. The standard InChI is InChI=1S/C9H12ClN3O2/c10-7-4-6(9(14)15)5-13-8(7)12-3-1-2-11/h4-5H,1-3,11H2,(H,12,13)(H,14,15). The highest BCUT2D eigenvalue weighted by Gasteiger charge is 2.07. The molecule has 0 aliphatic rings. The Hall–Kier alpha value is -1.33. The first kappa shape index (κ1) is 11.7. The molecule has 0 saturated heterocycles. The quantitative estimate of drug-likeness (QED) is 0.660. The summed E-state index contributed by atoms with van der Waals surface area (Å²) in [7, 11) is 0. The molecule has 0 aliphatic heterocycles. The van der Waals surface area contributed by atoms with Gasteiger partial charge in [-0.1, -0.05) is 11.6 Å². The number of nitrogens with two attached hydrogens (primary N) is 1. The Morgan fingerprint density at radius 3 is 2.93 bits per heavy atom. The molecule has 0 bridgehead atoms. The van der Waals surface area contributed by atoms with Crippen LogP contribution in [0.5, 0.6) is 0 Å². The number of aromatic nitrogens is 1. The van der Waals surface area contributed by atoms with E-state index < -0.39 is 5.97 Å². The van der Waals surface area contributed by atoms with Gasteiger partial charge in [0.2, 0.25) is 0 Å². The van der Waals surface area contributed by atoms with Crippen LogP contribution in [0.4, 0.5) is 5.82 Å². The van der Waals surface area contributed by atoms with E-state index in [1.165, 1.54) is 12.3 Å². The minimum Gasteiger partial charge on any atom is -0.478 e. The normalized spacial score (nSPS) is 10.0. The van der Waals surface area contributed by atoms with Crippen LogP contribution in [-0.2, 0) is 0 Å². The summed E-state index contributed by atoms with van der Waals surface area (Å²) in [5, 5.41) is 11.9. The van der Waals surface area contributed by atoms with Gasteiger partial charge < -0.3 is 16.2 Å². The van der Waals surface area contributed by atoms with Gasteiger partial charge in [-0.05, 0) is 19.0 Å². The predicted octanol–water partition coefficient (Wildman–Crippen LogP) is 1.19. The van der Waals surface area contributed by atoms with Gasteiger partial charge in [-0.2, -0.15) is 0 Å². The average Bonchev–Trinajstić information content (AvgIpc) is 2.20. The maximum absolute atomic E-state index is 10.6. The second-order valence-corrected chi connectivity index (χ2v) is 3.34. The fourth-order valence-electron chi connectivity index (χ4n) is 0.994. The van der Waals surface area contributed by atoms with Crippen molar-refractivity contribution in [3.63, 3.8) is 0 Å². The lowest BCUT2D eigenvalue weighted by molar-refractivity contribution is 0.0696. The number of anilines is 1. The summed E-state index contributed by atoms with van der Waals surface area (Å²) in [4.78, 5) is 14.5. The molecule has 1 aromatic heterocycles. The molecule has 0 spiro atoms. The number of hydrogen-bond donors (Lipinski definition) is 3. The lowest BCUT2D eigenvalue weighted by Gasteiger charge is -2.06. The highest BCUT2D eigenvalue weighted by atomic mass is 35.5. The first-order valence-electron chi connectivity index (χ1n) is 4.48. The monoisotopic (exact) mass is 229 g/mol. The Morgan fingerprint density at radius 1 is 1.67 bits per heavy atom. The van der Waals surface area contributed by atoms with E-state index in [4.69, 9.17) is 22.4 Å². The van der Waals surface area contributed by atoms with Crippen molar-refractivity contribution < 1.29 is 9.90 Å². The number of carbonyl (C=O) groups is 1. The zero-order chi connectivity index (χ0) is 11.3. The van der Waals surface area contributed by atoms with Crippen LogP contribution in [0.25, 0.3) is 0 Å². The zero-order valence-corrected chi connectivity index (χ0v) is 8.79. The van der Waals surface area contributed by atoms with Gasteiger partial charge in [-0.3, -0.25) is 0 Å². The van der Waals surface area contributed by atoms with Crippen LogP contribution in [0.1, 0.15) is 16.8 Å². The van der Waals surface area contributed by atoms with Crippen LogP contribution in [0.15, 0.2) is 12.3 Å². The number of hydrogen-bond acceptors (Lipinski definition) is 4. The number of rotatable bonds is 5. The largest absolute Gasteiger partial charge is 0.478 e. The van der Waals surface area contributed by atoms with E-state index in [1.54, 1.807) is 0 Å². The van der Waals surface area contributed by atoms with Crippen molar-refractivity contribution >= 4 is 23.4 Å². The van der Waals surface area contributed by atoms with Crippen molar-refractivity contribution in [3.05, 3.63) is 22.8 Å². The molecule has 1 rings (SSSR count). The van der Waals surface area contributed by atoms with E-state index in [-0.39, 0.29) is 5.56 Å². The van der Waals surface area contributed by atoms with Crippen molar-refractivity contribution in [1.82, 2.24) is 4.98 Å². The summed E-state index contributed by atoms with van der Waals surface area (Å²) in [6.07, 6.45) is 2.07. The molecule has 0 fully saturated rings. The van der Waals surface area contributed by atoms with Gasteiger partial charge in [-0.15, -0.1) is 0 Å². The van der Waals surface area contributed by atoms with E-state index in [0.29, 0.717) is 23.9 Å². The average molecular weight is 230 g/mol. The minimum atomic E-state index is -1.04. The van der Waals surface area contributed by atoms with Crippen LogP contribution in [0, 0.1) is 0 Å². The molecule has 4 N–H and O–H groups in total. The molecule has 5 nitrogen and oxygen atoms in total. The van der Waals surface area contributed by atoms with Crippen LogP contribution < -0.4 is 11.1 Å². The Morgan fingerprint density at radius 2 is 2.40 bits per heavy atom. The second kappa shape index (κ2) is 5.53. The molecule has 0 amide bonds. The first-order valence-corrected chi connectivity index (χ1v) is 4.85. The van der Waals surface area contributed by atoms with Gasteiger partial charge in [0, 0.05) is 12.7 Å². The third-order valence-corrected chi connectivity index (χ3v) is 2.05. The fraction of sp³-hybridized carbons (Fsp3) is 0.333. The van der Waals surface area contributed by atoms with Gasteiger partial charge in [0.15, 0.2) is 0 Å². The van der Waals surface area contributed by atoms with E-state index in [9.17, 15) is 4.79 Å². The Labute approximate surface area is 92.3 Å². The van der Waals surface area contributed by atoms with Crippen LogP contribution >= 0.6 is 11.6 Å². The molecule has 0 unspecified atom stereocenters. The molecule has 0 radical (unpaired) electrons. The first-order chi connectivity index (χ1) is 7.15. The fourth-order valence-corrected chi connectivity index (χ4v) is 1.23. The highest BCUT2D eigenvalue weighted by Crippen LogP contribution is 2.19. The van der Waals surface area contributed by atoms with Crippen molar-refractivity contribution in [2.45, 2.75) is 6.42 Å². The van der Waals surface area contributed by atoms with Crippen molar-refractivity contribution in [2.75, 3.05) is 18.4 Å². The Balaban J connectivity index is 2.70. The predicted molar refractivity (Wildman–Crippen MR) is 58.4 cm³/mol. The molecule has 0 atom stereocenters. The van der Waals surface area contributed by atoms with Gasteiger partial charge >= 0.3 is 5.97 Å². The summed E-state index contributed by atoms with van der Waals surface area (Å²) in [5.74, 6) is -0.562. The molecule has 0 aliphatic carbocycles. The van der Waals surface area contributed by atoms with Crippen LogP contribution in [-0.4, -0.2) is 29.1 Å². The third kappa shape index (κ3) is 3.38. The highest BCUT2D eigenvalue weighted by molar-refractivity contribution is 6.33. The molecular formula is C9H12ClN3O2. The lowest BCUT2D eigenvalue weighted by atomic mass is 10.3. The van der Waals surface area contributed by atoms with E-state index >= 15 is 0 Å². The number of nitrogens with one attached hydrogen (secondary N) is 1. The van der Waals surface area contributed by atoms with Crippen LogP contribution in [0.3, 0.4) is 0 Å². The van der Waals surface area contributed by atoms with Gasteiger partial charge in [0.05, 0.1) is 10.6 Å². The number of carboxylic acid groups (broad SMARTS) is 1. The lowest BCUT2D eigenvalue weighted by Crippen LogP contribution is -2.10. The zero-order valence-electron chi connectivity index (χ0n) is 8.03. The van der Waals surface area contributed by atoms with E-state index in [0.717, 1.165) is 6.42 Å². The maximum Gasteiger partial charge on any atom is 0.337 e.